The molecular formula is C12H24N4. The van der Waals surface area contributed by atoms with Gasteiger partial charge >= 0.3 is 0 Å². The zero-order valence-corrected chi connectivity index (χ0v) is 10.8. The van der Waals surface area contributed by atoms with Crippen molar-refractivity contribution in [3.8, 4) is 0 Å². The molecule has 0 amide bonds. The van der Waals surface area contributed by atoms with E-state index in [1.165, 1.54) is 11.3 Å². The van der Waals surface area contributed by atoms with Gasteiger partial charge in [0.2, 0.25) is 0 Å². The SMILES string of the molecule is CCC(N)CNC(C)c1cnn(CC)c1C. The van der Waals surface area contributed by atoms with Crippen molar-refractivity contribution in [2.24, 2.45) is 5.73 Å². The number of hydrogen-bond acceptors (Lipinski definition) is 3. The third-order valence-electron chi connectivity index (χ3n) is 3.12. The van der Waals surface area contributed by atoms with E-state index in [0.717, 1.165) is 19.5 Å². The molecule has 0 radical (unpaired) electrons. The van der Waals surface area contributed by atoms with Crippen molar-refractivity contribution < 1.29 is 0 Å². The number of hydrogen-bond donors (Lipinski definition) is 2. The molecule has 0 bridgehead atoms. The van der Waals surface area contributed by atoms with Crippen LogP contribution in [0.5, 0.6) is 0 Å². The summed E-state index contributed by atoms with van der Waals surface area (Å²) in [5.74, 6) is 0. The Hall–Kier alpha value is -0.870. The van der Waals surface area contributed by atoms with Gasteiger partial charge in [-0.25, -0.2) is 0 Å². The van der Waals surface area contributed by atoms with Gasteiger partial charge in [-0.2, -0.15) is 5.10 Å². The van der Waals surface area contributed by atoms with Gasteiger partial charge in [0.1, 0.15) is 0 Å². The Morgan fingerprint density at radius 2 is 2.19 bits per heavy atom. The molecule has 0 aliphatic heterocycles. The van der Waals surface area contributed by atoms with E-state index in [1.54, 1.807) is 0 Å². The van der Waals surface area contributed by atoms with Gasteiger partial charge < -0.3 is 11.1 Å². The van der Waals surface area contributed by atoms with Crippen LogP contribution in [0.15, 0.2) is 6.20 Å². The van der Waals surface area contributed by atoms with E-state index in [-0.39, 0.29) is 6.04 Å². The van der Waals surface area contributed by atoms with Crippen LogP contribution in [0.2, 0.25) is 0 Å². The molecule has 0 saturated carbocycles. The molecule has 4 heteroatoms. The second-order valence-corrected chi connectivity index (χ2v) is 4.30. The van der Waals surface area contributed by atoms with Crippen LogP contribution in [0.4, 0.5) is 0 Å². The zero-order valence-electron chi connectivity index (χ0n) is 10.8. The van der Waals surface area contributed by atoms with Gasteiger partial charge in [-0.3, -0.25) is 4.68 Å². The Balaban J connectivity index is 2.58. The van der Waals surface area contributed by atoms with Gasteiger partial charge in [0.25, 0.3) is 0 Å². The first kappa shape index (κ1) is 13.2. The topological polar surface area (TPSA) is 55.9 Å². The van der Waals surface area contributed by atoms with E-state index in [4.69, 9.17) is 5.73 Å². The number of nitrogens with two attached hydrogens (primary N) is 1. The first-order valence-corrected chi connectivity index (χ1v) is 6.11. The van der Waals surface area contributed by atoms with Crippen molar-refractivity contribution in [1.82, 2.24) is 15.1 Å². The molecule has 0 aromatic carbocycles. The lowest BCUT2D eigenvalue weighted by molar-refractivity contribution is 0.505. The summed E-state index contributed by atoms with van der Waals surface area (Å²) in [6.07, 6.45) is 2.96. The molecule has 1 heterocycles. The van der Waals surface area contributed by atoms with Crippen LogP contribution in [-0.2, 0) is 6.54 Å². The predicted molar refractivity (Wildman–Crippen MR) is 67.3 cm³/mol. The minimum atomic E-state index is 0.240. The Kier molecular flexibility index (Phi) is 4.96. The van der Waals surface area contributed by atoms with E-state index in [2.05, 4.69) is 38.1 Å². The highest BCUT2D eigenvalue weighted by Gasteiger charge is 2.12. The highest BCUT2D eigenvalue weighted by atomic mass is 15.3. The maximum Gasteiger partial charge on any atom is 0.0540 e. The van der Waals surface area contributed by atoms with Gasteiger partial charge in [0.05, 0.1) is 6.20 Å². The average molecular weight is 224 g/mol. The maximum absolute atomic E-state index is 5.89. The van der Waals surface area contributed by atoms with Crippen molar-refractivity contribution in [2.45, 2.75) is 52.7 Å². The van der Waals surface area contributed by atoms with Crippen LogP contribution in [0.25, 0.3) is 0 Å². The molecule has 4 nitrogen and oxygen atoms in total. The fraction of sp³-hybridized carbons (Fsp3) is 0.750. The van der Waals surface area contributed by atoms with Gasteiger partial charge in [0, 0.05) is 36.4 Å². The van der Waals surface area contributed by atoms with Crippen LogP contribution in [-0.4, -0.2) is 22.4 Å². The van der Waals surface area contributed by atoms with Gasteiger partial charge in [0.15, 0.2) is 0 Å². The number of nitrogens with one attached hydrogen (secondary N) is 1. The normalized spacial score (nSPS) is 15.1. The number of aryl methyl sites for hydroxylation is 1. The van der Waals surface area contributed by atoms with Gasteiger partial charge in [-0.15, -0.1) is 0 Å². The van der Waals surface area contributed by atoms with Crippen molar-refractivity contribution in [2.75, 3.05) is 6.54 Å². The average Bonchev–Trinajstić information content (AvgIpc) is 2.66. The Morgan fingerprint density at radius 3 is 2.69 bits per heavy atom. The molecule has 3 N–H and O–H groups in total. The molecule has 0 fully saturated rings. The summed E-state index contributed by atoms with van der Waals surface area (Å²) in [5, 5.41) is 7.80. The summed E-state index contributed by atoms with van der Waals surface area (Å²) in [6.45, 7) is 10.3. The highest BCUT2D eigenvalue weighted by Crippen LogP contribution is 2.16. The minimum Gasteiger partial charge on any atom is -0.327 e. The molecule has 2 unspecified atom stereocenters. The Bertz CT molecular complexity index is 319. The molecule has 0 aliphatic rings. The molecule has 1 aromatic heterocycles. The summed E-state index contributed by atoms with van der Waals surface area (Å²) < 4.78 is 2.02. The molecule has 2 atom stereocenters. The van der Waals surface area contributed by atoms with Crippen LogP contribution in [0.3, 0.4) is 0 Å². The fourth-order valence-corrected chi connectivity index (χ4v) is 1.79. The molecule has 1 aromatic rings. The third kappa shape index (κ3) is 3.06. The zero-order chi connectivity index (χ0) is 12.1. The monoisotopic (exact) mass is 224 g/mol. The molecule has 92 valence electrons. The Labute approximate surface area is 98.2 Å². The molecule has 1 rings (SSSR count). The summed E-state index contributed by atoms with van der Waals surface area (Å²) in [7, 11) is 0. The summed E-state index contributed by atoms with van der Waals surface area (Å²) >= 11 is 0. The highest BCUT2D eigenvalue weighted by molar-refractivity contribution is 5.19. The number of aromatic nitrogens is 2. The first-order valence-electron chi connectivity index (χ1n) is 6.11. The quantitative estimate of drug-likeness (QED) is 0.771. The number of nitrogens with zero attached hydrogens (tertiary/aromatic N) is 2. The number of rotatable bonds is 6. The summed E-state index contributed by atoms with van der Waals surface area (Å²) in [5.41, 5.74) is 8.40. The standard InChI is InChI=1S/C12H24N4/c1-5-11(13)7-14-9(3)12-8-15-16(6-2)10(12)4/h8-9,11,14H,5-7,13H2,1-4H3. The molecule has 16 heavy (non-hydrogen) atoms. The molecule has 0 saturated heterocycles. The molecule has 0 spiro atoms. The van der Waals surface area contributed by atoms with E-state index in [9.17, 15) is 0 Å². The Morgan fingerprint density at radius 1 is 1.50 bits per heavy atom. The first-order chi connectivity index (χ1) is 7.60. The minimum absolute atomic E-state index is 0.240. The lowest BCUT2D eigenvalue weighted by atomic mass is 10.1. The summed E-state index contributed by atoms with van der Waals surface area (Å²) in [4.78, 5) is 0. The van der Waals surface area contributed by atoms with E-state index < -0.39 is 0 Å². The van der Waals surface area contributed by atoms with E-state index in [1.807, 2.05) is 10.9 Å². The van der Waals surface area contributed by atoms with Crippen LogP contribution in [0.1, 0.15) is 44.5 Å². The predicted octanol–water partition coefficient (Wildman–Crippen LogP) is 1.60. The second-order valence-electron chi connectivity index (χ2n) is 4.30. The van der Waals surface area contributed by atoms with Gasteiger partial charge in [-0.05, 0) is 27.2 Å². The maximum atomic E-state index is 5.89. The van der Waals surface area contributed by atoms with E-state index in [0.29, 0.717) is 6.04 Å². The third-order valence-corrected chi connectivity index (χ3v) is 3.12. The largest absolute Gasteiger partial charge is 0.327 e. The van der Waals surface area contributed by atoms with Crippen molar-refractivity contribution in [1.29, 1.82) is 0 Å². The summed E-state index contributed by atoms with van der Waals surface area (Å²) in [6, 6.07) is 0.557. The van der Waals surface area contributed by atoms with Crippen molar-refractivity contribution in [3.63, 3.8) is 0 Å². The van der Waals surface area contributed by atoms with Crippen LogP contribution in [0, 0.1) is 6.92 Å². The van der Waals surface area contributed by atoms with E-state index >= 15 is 0 Å². The van der Waals surface area contributed by atoms with Crippen LogP contribution >= 0.6 is 0 Å². The smallest absolute Gasteiger partial charge is 0.0540 e. The van der Waals surface area contributed by atoms with Crippen molar-refractivity contribution in [3.05, 3.63) is 17.5 Å². The van der Waals surface area contributed by atoms with Crippen LogP contribution < -0.4 is 11.1 Å². The van der Waals surface area contributed by atoms with Gasteiger partial charge in [-0.1, -0.05) is 6.92 Å². The fourth-order valence-electron chi connectivity index (χ4n) is 1.79. The lowest BCUT2D eigenvalue weighted by Gasteiger charge is -2.16. The second kappa shape index (κ2) is 6.01. The lowest BCUT2D eigenvalue weighted by Crippen LogP contribution is -2.34. The molecule has 0 aliphatic carbocycles. The van der Waals surface area contributed by atoms with Crippen molar-refractivity contribution >= 4 is 0 Å². The molecular weight excluding hydrogens is 200 g/mol.